The predicted molar refractivity (Wildman–Crippen MR) is 111 cm³/mol. The molecule has 2 rings (SSSR count). The number of aryl methyl sites for hydroxylation is 2. The average Bonchev–Trinajstić information content (AvgIpc) is 2.62. The number of anilines is 1. The van der Waals surface area contributed by atoms with Gasteiger partial charge < -0.3 is 10.6 Å². The monoisotopic (exact) mass is 411 g/mol. The first-order valence-electron chi connectivity index (χ1n) is 8.33. The molecule has 0 heterocycles. The van der Waals surface area contributed by atoms with Crippen molar-refractivity contribution in [2.75, 3.05) is 18.3 Å². The van der Waals surface area contributed by atoms with E-state index in [4.69, 9.17) is 5.73 Å². The molecule has 0 spiro atoms. The Labute approximate surface area is 167 Å². The van der Waals surface area contributed by atoms with Crippen LogP contribution < -0.4 is 10.5 Å². The van der Waals surface area contributed by atoms with Crippen LogP contribution in [0.1, 0.15) is 28.4 Å². The van der Waals surface area contributed by atoms with Crippen LogP contribution >= 0.6 is 12.4 Å². The van der Waals surface area contributed by atoms with E-state index in [1.54, 1.807) is 54.4 Å². The second-order valence-corrected chi connectivity index (χ2v) is 8.11. The zero-order chi connectivity index (χ0) is 19.5. The number of amides is 1. The Balaban J connectivity index is 0.00000364. The number of nitrogens with two attached hydrogens (primary N) is 1. The Hall–Kier alpha value is -2.09. The van der Waals surface area contributed by atoms with Gasteiger partial charge in [0.25, 0.3) is 15.9 Å². The maximum absolute atomic E-state index is 12.5. The van der Waals surface area contributed by atoms with E-state index in [9.17, 15) is 13.2 Å². The number of sulfonamides is 1. The molecule has 148 valence electrons. The predicted octanol–water partition coefficient (Wildman–Crippen LogP) is 2.95. The molecule has 6 nitrogen and oxygen atoms in total. The third-order valence-corrected chi connectivity index (χ3v) is 5.87. The standard InChI is InChI=1S/C19H25N3O3S.ClH/c1-13-5-10-18(11-14(13)2)26(24,25)21-17-8-6-16(7-9-17)19(23)22(4)15(3)12-20;/h5-11,15,21H,12,20H2,1-4H3;1H. The van der Waals surface area contributed by atoms with E-state index >= 15 is 0 Å². The number of carbonyl (C=O) groups is 1. The van der Waals surface area contributed by atoms with E-state index < -0.39 is 10.0 Å². The molecule has 1 atom stereocenters. The second kappa shape index (κ2) is 9.21. The highest BCUT2D eigenvalue weighted by Gasteiger charge is 2.18. The van der Waals surface area contributed by atoms with Crippen molar-refractivity contribution in [3.05, 3.63) is 59.2 Å². The lowest BCUT2D eigenvalue weighted by Crippen LogP contribution is -2.39. The summed E-state index contributed by atoms with van der Waals surface area (Å²) in [4.78, 5) is 14.1. The largest absolute Gasteiger partial charge is 0.338 e. The summed E-state index contributed by atoms with van der Waals surface area (Å²) in [6.45, 7) is 6.03. The fourth-order valence-electron chi connectivity index (χ4n) is 2.34. The van der Waals surface area contributed by atoms with Crippen molar-refractivity contribution < 1.29 is 13.2 Å². The maximum atomic E-state index is 12.5. The Kier molecular flexibility index (Phi) is 7.83. The third kappa shape index (κ3) is 5.45. The summed E-state index contributed by atoms with van der Waals surface area (Å²) >= 11 is 0. The van der Waals surface area contributed by atoms with Gasteiger partial charge in [0, 0.05) is 30.9 Å². The average molecular weight is 412 g/mol. The van der Waals surface area contributed by atoms with Gasteiger partial charge >= 0.3 is 0 Å². The number of halogens is 1. The number of nitrogens with zero attached hydrogens (tertiary/aromatic N) is 1. The fourth-order valence-corrected chi connectivity index (χ4v) is 3.48. The lowest BCUT2D eigenvalue weighted by molar-refractivity contribution is 0.0748. The van der Waals surface area contributed by atoms with Gasteiger partial charge in [0.15, 0.2) is 0 Å². The summed E-state index contributed by atoms with van der Waals surface area (Å²) < 4.78 is 27.6. The van der Waals surface area contributed by atoms with Gasteiger partial charge in [-0.3, -0.25) is 9.52 Å². The highest BCUT2D eigenvalue weighted by molar-refractivity contribution is 7.92. The molecule has 2 aromatic carbocycles. The van der Waals surface area contributed by atoms with Gasteiger partial charge in [0.05, 0.1) is 4.90 Å². The number of hydrogen-bond donors (Lipinski definition) is 2. The molecule has 8 heteroatoms. The minimum absolute atomic E-state index is 0. The maximum Gasteiger partial charge on any atom is 0.261 e. The molecular formula is C19H26ClN3O3S. The van der Waals surface area contributed by atoms with E-state index in [0.29, 0.717) is 17.8 Å². The molecule has 0 aromatic heterocycles. The zero-order valence-corrected chi connectivity index (χ0v) is 17.5. The molecule has 0 aliphatic heterocycles. The first-order valence-corrected chi connectivity index (χ1v) is 9.81. The van der Waals surface area contributed by atoms with Crippen molar-refractivity contribution in [3.63, 3.8) is 0 Å². The first-order chi connectivity index (χ1) is 12.2. The second-order valence-electron chi connectivity index (χ2n) is 6.43. The highest BCUT2D eigenvalue weighted by Crippen LogP contribution is 2.19. The number of carbonyl (C=O) groups excluding carboxylic acids is 1. The van der Waals surface area contributed by atoms with E-state index in [1.807, 2.05) is 20.8 Å². The summed E-state index contributed by atoms with van der Waals surface area (Å²) in [5.74, 6) is -0.161. The lowest BCUT2D eigenvalue weighted by Gasteiger charge is -2.23. The van der Waals surface area contributed by atoms with Crippen LogP contribution in [0.15, 0.2) is 47.4 Å². The minimum Gasteiger partial charge on any atom is -0.338 e. The van der Waals surface area contributed by atoms with E-state index in [-0.39, 0.29) is 29.3 Å². The van der Waals surface area contributed by atoms with Gasteiger partial charge in [-0.05, 0) is 68.3 Å². The van der Waals surface area contributed by atoms with Crippen molar-refractivity contribution in [2.45, 2.75) is 31.7 Å². The number of benzene rings is 2. The van der Waals surface area contributed by atoms with E-state index in [1.165, 1.54) is 0 Å². The molecule has 1 unspecified atom stereocenters. The SMILES string of the molecule is Cc1ccc(S(=O)(=O)Nc2ccc(C(=O)N(C)C(C)CN)cc2)cc1C.Cl. The molecule has 0 bridgehead atoms. The molecule has 0 fully saturated rings. The topological polar surface area (TPSA) is 92.5 Å². The summed E-state index contributed by atoms with van der Waals surface area (Å²) in [6.07, 6.45) is 0. The number of hydrogen-bond acceptors (Lipinski definition) is 4. The smallest absolute Gasteiger partial charge is 0.261 e. The molecule has 1 amide bonds. The van der Waals surface area contributed by atoms with E-state index in [0.717, 1.165) is 11.1 Å². The molecule has 0 saturated carbocycles. The zero-order valence-electron chi connectivity index (χ0n) is 15.9. The van der Waals surface area contributed by atoms with Crippen LogP contribution in [-0.2, 0) is 10.0 Å². The summed E-state index contributed by atoms with van der Waals surface area (Å²) in [5, 5.41) is 0. The van der Waals surface area contributed by atoms with Crippen LogP contribution in [0.4, 0.5) is 5.69 Å². The number of likely N-dealkylation sites (N-methyl/N-ethyl adjacent to an activating group) is 1. The summed E-state index contributed by atoms with van der Waals surface area (Å²) in [7, 11) is -1.99. The molecule has 2 aromatic rings. The van der Waals surface area contributed by atoms with E-state index in [2.05, 4.69) is 4.72 Å². The van der Waals surface area contributed by atoms with Crippen LogP contribution in [0, 0.1) is 13.8 Å². The van der Waals surface area contributed by atoms with Crippen molar-refractivity contribution >= 4 is 34.0 Å². The van der Waals surface area contributed by atoms with Crippen molar-refractivity contribution in [2.24, 2.45) is 5.73 Å². The van der Waals surface area contributed by atoms with Gasteiger partial charge in [0.2, 0.25) is 0 Å². The molecular weight excluding hydrogens is 386 g/mol. The molecule has 27 heavy (non-hydrogen) atoms. The van der Waals surface area contributed by atoms with Crippen molar-refractivity contribution in [3.8, 4) is 0 Å². The normalized spacial score (nSPS) is 12.0. The third-order valence-electron chi connectivity index (χ3n) is 4.50. The quantitative estimate of drug-likeness (QED) is 0.764. The minimum atomic E-state index is -3.68. The van der Waals surface area contributed by atoms with Crippen molar-refractivity contribution in [1.29, 1.82) is 0 Å². The first kappa shape index (κ1) is 23.0. The van der Waals surface area contributed by atoms with Crippen LogP contribution in [0.2, 0.25) is 0 Å². The highest BCUT2D eigenvalue weighted by atomic mass is 35.5. The molecule has 0 aliphatic rings. The Bertz CT molecular complexity index is 899. The van der Waals surface area contributed by atoms with Crippen LogP contribution in [-0.4, -0.2) is 38.9 Å². The van der Waals surface area contributed by atoms with Crippen LogP contribution in [0.3, 0.4) is 0 Å². The Morgan fingerprint density at radius 2 is 1.70 bits per heavy atom. The molecule has 0 aliphatic carbocycles. The number of nitrogens with one attached hydrogen (secondary N) is 1. The summed E-state index contributed by atoms with van der Waals surface area (Å²) in [6, 6.07) is 11.3. The van der Waals surface area contributed by atoms with Crippen LogP contribution in [0.5, 0.6) is 0 Å². The Morgan fingerprint density at radius 1 is 1.11 bits per heavy atom. The molecule has 0 saturated heterocycles. The molecule has 3 N–H and O–H groups in total. The lowest BCUT2D eigenvalue weighted by atomic mass is 10.1. The van der Waals surface area contributed by atoms with Gasteiger partial charge in [-0.15, -0.1) is 12.4 Å². The van der Waals surface area contributed by atoms with Gasteiger partial charge in [0.1, 0.15) is 0 Å². The van der Waals surface area contributed by atoms with Crippen LogP contribution in [0.25, 0.3) is 0 Å². The fraction of sp³-hybridized carbons (Fsp3) is 0.316. The number of rotatable bonds is 6. The molecule has 0 radical (unpaired) electrons. The van der Waals surface area contributed by atoms with Crippen molar-refractivity contribution in [1.82, 2.24) is 4.90 Å². The van der Waals surface area contributed by atoms with Gasteiger partial charge in [-0.1, -0.05) is 6.07 Å². The van der Waals surface area contributed by atoms with Gasteiger partial charge in [-0.2, -0.15) is 0 Å². The van der Waals surface area contributed by atoms with Gasteiger partial charge in [-0.25, -0.2) is 8.42 Å². The summed E-state index contributed by atoms with van der Waals surface area (Å²) in [5.41, 5.74) is 8.40. The Morgan fingerprint density at radius 3 is 2.22 bits per heavy atom.